The highest BCUT2D eigenvalue weighted by atomic mass is 16.5. The summed E-state index contributed by atoms with van der Waals surface area (Å²) in [5, 5.41) is 3.04. The van der Waals surface area contributed by atoms with Crippen LogP contribution in [0.4, 0.5) is 0 Å². The number of fused-ring (bicyclic) bond motifs is 1. The van der Waals surface area contributed by atoms with Crippen LogP contribution in [0.2, 0.25) is 0 Å². The second-order valence-corrected chi connectivity index (χ2v) is 8.03. The van der Waals surface area contributed by atoms with Gasteiger partial charge in [0.05, 0.1) is 23.7 Å². The van der Waals surface area contributed by atoms with Crippen LogP contribution >= 0.6 is 0 Å². The number of hydrogen-bond acceptors (Lipinski definition) is 3. The van der Waals surface area contributed by atoms with Crippen LogP contribution in [0.3, 0.4) is 0 Å². The Labute approximate surface area is 179 Å². The molecule has 3 rings (SSSR count). The molecule has 2 aromatic carbocycles. The average molecular weight is 408 g/mol. The largest absolute Gasteiger partial charge is 0.494 e. The Morgan fingerprint density at radius 2 is 1.80 bits per heavy atom. The monoisotopic (exact) mass is 407 g/mol. The summed E-state index contributed by atoms with van der Waals surface area (Å²) < 4.78 is 8.14. The van der Waals surface area contributed by atoms with Gasteiger partial charge in [-0.3, -0.25) is 4.79 Å². The van der Waals surface area contributed by atoms with Gasteiger partial charge in [0.1, 0.15) is 11.6 Å². The molecule has 0 bridgehead atoms. The van der Waals surface area contributed by atoms with Crippen LogP contribution in [0.1, 0.15) is 70.3 Å². The van der Waals surface area contributed by atoms with Gasteiger partial charge in [-0.1, -0.05) is 45.0 Å². The van der Waals surface area contributed by atoms with E-state index in [4.69, 9.17) is 9.72 Å². The molecule has 1 aromatic heterocycles. The number of nitrogens with one attached hydrogen (secondary N) is 1. The molecule has 0 saturated carbocycles. The molecule has 5 heteroatoms. The maximum Gasteiger partial charge on any atom is 0.220 e. The van der Waals surface area contributed by atoms with E-state index in [-0.39, 0.29) is 11.9 Å². The lowest BCUT2D eigenvalue weighted by Gasteiger charge is -2.16. The standard InChI is InChI=1S/C25H33N3O2/c1-5-24(29)26-19(4)25-27-22-10-6-7-11-23(22)28(25)16-8-9-17-30-21-14-12-20(13-15-21)18(2)3/h6-7,10-15,18-19H,5,8-9,16-17H2,1-4H3,(H,26,29). The summed E-state index contributed by atoms with van der Waals surface area (Å²) in [6.45, 7) is 9.77. The van der Waals surface area contributed by atoms with Crippen molar-refractivity contribution < 1.29 is 9.53 Å². The number of hydrogen-bond donors (Lipinski definition) is 1. The molecule has 30 heavy (non-hydrogen) atoms. The van der Waals surface area contributed by atoms with Gasteiger partial charge in [-0.05, 0) is 55.5 Å². The minimum atomic E-state index is -0.124. The van der Waals surface area contributed by atoms with Crippen molar-refractivity contribution in [2.24, 2.45) is 0 Å². The van der Waals surface area contributed by atoms with Gasteiger partial charge in [0.15, 0.2) is 0 Å². The van der Waals surface area contributed by atoms with Gasteiger partial charge in [0, 0.05) is 13.0 Å². The van der Waals surface area contributed by atoms with E-state index in [1.54, 1.807) is 0 Å². The quantitative estimate of drug-likeness (QED) is 0.445. The molecule has 0 radical (unpaired) electrons. The van der Waals surface area contributed by atoms with Crippen LogP contribution in [0.5, 0.6) is 5.75 Å². The third kappa shape index (κ3) is 5.41. The first kappa shape index (κ1) is 21.9. The van der Waals surface area contributed by atoms with Crippen molar-refractivity contribution in [1.29, 1.82) is 0 Å². The van der Waals surface area contributed by atoms with E-state index in [0.29, 0.717) is 18.9 Å². The van der Waals surface area contributed by atoms with Crippen molar-refractivity contribution in [3.8, 4) is 5.75 Å². The first-order valence-corrected chi connectivity index (χ1v) is 11.0. The molecule has 0 fully saturated rings. The number of carbonyl (C=O) groups is 1. The highest BCUT2D eigenvalue weighted by Gasteiger charge is 2.17. The summed E-state index contributed by atoms with van der Waals surface area (Å²) >= 11 is 0. The second-order valence-electron chi connectivity index (χ2n) is 8.03. The minimum Gasteiger partial charge on any atom is -0.494 e. The van der Waals surface area contributed by atoms with Gasteiger partial charge in [-0.15, -0.1) is 0 Å². The number of amides is 1. The number of rotatable bonds is 10. The zero-order chi connectivity index (χ0) is 21.5. The number of aromatic nitrogens is 2. The molecule has 1 N–H and O–H groups in total. The lowest BCUT2D eigenvalue weighted by Crippen LogP contribution is -2.28. The molecule has 1 amide bonds. The highest BCUT2D eigenvalue weighted by Crippen LogP contribution is 2.22. The van der Waals surface area contributed by atoms with Crippen LogP contribution in [0, 0.1) is 0 Å². The number of nitrogens with zero attached hydrogens (tertiary/aromatic N) is 2. The van der Waals surface area contributed by atoms with Crippen LogP contribution in [0.15, 0.2) is 48.5 Å². The number of carbonyl (C=O) groups excluding carboxylic acids is 1. The molecule has 0 aliphatic carbocycles. The Hall–Kier alpha value is -2.82. The SMILES string of the molecule is CCC(=O)NC(C)c1nc2ccccc2n1CCCCOc1ccc(C(C)C)cc1. The number of imidazole rings is 1. The fraction of sp³-hybridized carbons (Fsp3) is 0.440. The first-order valence-electron chi connectivity index (χ1n) is 11.0. The van der Waals surface area contributed by atoms with Gasteiger partial charge < -0.3 is 14.6 Å². The molecule has 0 saturated heterocycles. The third-order valence-corrected chi connectivity index (χ3v) is 5.36. The summed E-state index contributed by atoms with van der Waals surface area (Å²) in [6, 6.07) is 16.4. The van der Waals surface area contributed by atoms with E-state index in [2.05, 4.69) is 54.1 Å². The van der Waals surface area contributed by atoms with Crippen molar-refractivity contribution in [1.82, 2.24) is 14.9 Å². The molecule has 0 spiro atoms. The molecule has 1 unspecified atom stereocenters. The average Bonchev–Trinajstić information content (AvgIpc) is 3.12. The van der Waals surface area contributed by atoms with Gasteiger partial charge in [0.25, 0.3) is 0 Å². The summed E-state index contributed by atoms with van der Waals surface area (Å²) in [5.74, 6) is 2.40. The number of unbranched alkanes of at least 4 members (excludes halogenated alkanes) is 1. The van der Waals surface area contributed by atoms with Crippen LogP contribution in [-0.4, -0.2) is 22.1 Å². The molecule has 3 aromatic rings. The Balaban J connectivity index is 1.59. The summed E-state index contributed by atoms with van der Waals surface area (Å²) in [6.07, 6.45) is 2.40. The fourth-order valence-electron chi connectivity index (χ4n) is 3.58. The van der Waals surface area contributed by atoms with E-state index in [1.807, 2.05) is 32.0 Å². The Bertz CT molecular complexity index is 960. The van der Waals surface area contributed by atoms with Crippen LogP contribution in [-0.2, 0) is 11.3 Å². The second kappa shape index (κ2) is 10.3. The fourth-order valence-corrected chi connectivity index (χ4v) is 3.58. The maximum atomic E-state index is 11.8. The molecular weight excluding hydrogens is 374 g/mol. The number of aryl methyl sites for hydroxylation is 1. The topological polar surface area (TPSA) is 56.2 Å². The molecular formula is C25H33N3O2. The van der Waals surface area contributed by atoms with Crippen molar-refractivity contribution in [2.75, 3.05) is 6.61 Å². The van der Waals surface area contributed by atoms with E-state index in [1.165, 1.54) is 5.56 Å². The predicted molar refractivity (Wildman–Crippen MR) is 122 cm³/mol. The summed E-state index contributed by atoms with van der Waals surface area (Å²) in [7, 11) is 0. The molecule has 0 aliphatic heterocycles. The van der Waals surface area contributed by atoms with Gasteiger partial charge >= 0.3 is 0 Å². The van der Waals surface area contributed by atoms with Gasteiger partial charge in [-0.2, -0.15) is 0 Å². The van der Waals surface area contributed by atoms with Gasteiger partial charge in [-0.25, -0.2) is 4.98 Å². The maximum absolute atomic E-state index is 11.8. The van der Waals surface area contributed by atoms with Crippen molar-refractivity contribution in [3.05, 3.63) is 59.9 Å². The van der Waals surface area contributed by atoms with E-state index in [0.717, 1.165) is 42.0 Å². The zero-order valence-corrected chi connectivity index (χ0v) is 18.5. The van der Waals surface area contributed by atoms with E-state index in [9.17, 15) is 4.79 Å². The van der Waals surface area contributed by atoms with Crippen LogP contribution < -0.4 is 10.1 Å². The summed E-state index contributed by atoms with van der Waals surface area (Å²) in [4.78, 5) is 16.6. The molecule has 160 valence electrons. The third-order valence-electron chi connectivity index (χ3n) is 5.36. The molecule has 1 atom stereocenters. The van der Waals surface area contributed by atoms with Crippen molar-refractivity contribution in [2.45, 2.75) is 65.5 Å². The Morgan fingerprint density at radius 1 is 1.07 bits per heavy atom. The number of para-hydroxylation sites is 2. The van der Waals surface area contributed by atoms with Crippen LogP contribution in [0.25, 0.3) is 11.0 Å². The lowest BCUT2D eigenvalue weighted by atomic mass is 10.0. The molecule has 0 aliphatic rings. The summed E-state index contributed by atoms with van der Waals surface area (Å²) in [5.41, 5.74) is 3.40. The predicted octanol–water partition coefficient (Wildman–Crippen LogP) is 5.61. The van der Waals surface area contributed by atoms with Crippen molar-refractivity contribution in [3.63, 3.8) is 0 Å². The molecule has 1 heterocycles. The first-order chi connectivity index (χ1) is 14.5. The van der Waals surface area contributed by atoms with E-state index < -0.39 is 0 Å². The highest BCUT2D eigenvalue weighted by molar-refractivity contribution is 5.77. The van der Waals surface area contributed by atoms with E-state index >= 15 is 0 Å². The molecule has 5 nitrogen and oxygen atoms in total. The Morgan fingerprint density at radius 3 is 2.50 bits per heavy atom. The number of ether oxygens (including phenoxy) is 1. The smallest absolute Gasteiger partial charge is 0.220 e. The van der Waals surface area contributed by atoms with Gasteiger partial charge in [0.2, 0.25) is 5.91 Å². The minimum absolute atomic E-state index is 0.0398. The zero-order valence-electron chi connectivity index (χ0n) is 18.5. The van der Waals surface area contributed by atoms with Crippen molar-refractivity contribution >= 4 is 16.9 Å². The normalized spacial score (nSPS) is 12.3. The Kier molecular flexibility index (Phi) is 7.50. The lowest BCUT2D eigenvalue weighted by molar-refractivity contribution is -0.121. The number of benzene rings is 2.